The Morgan fingerprint density at radius 2 is 1.36 bits per heavy atom. The average molecular weight is 829 g/mol. The third-order valence-electron chi connectivity index (χ3n) is 17.4. The predicted octanol–water partition coefficient (Wildman–Crippen LogP) is -0.204. The van der Waals surface area contributed by atoms with Crippen LogP contribution in [0.25, 0.3) is 0 Å². The van der Waals surface area contributed by atoms with Crippen LogP contribution in [0.2, 0.25) is 0 Å². The molecule has 16 heteroatoms. The van der Waals surface area contributed by atoms with E-state index >= 15 is 0 Å². The van der Waals surface area contributed by atoms with Crippen molar-refractivity contribution < 1.29 is 79.9 Å². The van der Waals surface area contributed by atoms with E-state index in [1.165, 1.54) is 0 Å². The maximum Gasteiger partial charge on any atom is 0.312 e. The summed E-state index contributed by atoms with van der Waals surface area (Å²) in [4.78, 5) is 13.1. The summed E-state index contributed by atoms with van der Waals surface area (Å²) in [6, 6.07) is 0. The van der Waals surface area contributed by atoms with Crippen molar-refractivity contribution in [3.05, 3.63) is 11.6 Å². The third kappa shape index (κ3) is 6.33. The number of fused-ring (bicyclic) bond motifs is 7. The Morgan fingerprint density at radius 3 is 1.97 bits per heavy atom. The number of hydrogen-bond donors (Lipinski definition) is 11. The molecule has 0 amide bonds. The summed E-state index contributed by atoms with van der Waals surface area (Å²) in [7, 11) is 0. The van der Waals surface area contributed by atoms with Gasteiger partial charge in [0.15, 0.2) is 12.6 Å². The number of carboxylic acids is 1. The highest BCUT2D eigenvalue weighted by atomic mass is 16.7. The van der Waals surface area contributed by atoms with E-state index in [0.717, 1.165) is 5.57 Å². The molecule has 16 nitrogen and oxygen atoms in total. The Balaban J connectivity index is 1.17. The van der Waals surface area contributed by atoms with E-state index in [-0.39, 0.29) is 29.6 Å². The van der Waals surface area contributed by atoms with Crippen molar-refractivity contribution in [3.8, 4) is 0 Å². The van der Waals surface area contributed by atoms with Gasteiger partial charge in [0.1, 0.15) is 54.2 Å². The van der Waals surface area contributed by atoms with Gasteiger partial charge in [-0.25, -0.2) is 0 Å². The molecule has 2 aliphatic heterocycles. The van der Waals surface area contributed by atoms with Gasteiger partial charge in [-0.15, -0.1) is 0 Å². The zero-order chi connectivity index (χ0) is 42.7. The first-order valence-corrected chi connectivity index (χ1v) is 21.2. The first kappa shape index (κ1) is 44.7. The number of allylic oxidation sites excluding steroid dienone is 2. The number of aliphatic carboxylic acids is 1. The van der Waals surface area contributed by atoms with E-state index in [9.17, 15) is 61.0 Å². The van der Waals surface area contributed by atoms with Gasteiger partial charge in [-0.3, -0.25) is 4.79 Å². The smallest absolute Gasteiger partial charge is 0.312 e. The van der Waals surface area contributed by atoms with E-state index in [1.54, 1.807) is 0 Å². The summed E-state index contributed by atoms with van der Waals surface area (Å²) >= 11 is 0. The molecule has 21 atom stereocenters. The second-order valence-electron chi connectivity index (χ2n) is 20.8. The fourth-order valence-corrected chi connectivity index (χ4v) is 13.9. The summed E-state index contributed by atoms with van der Waals surface area (Å²) in [5.74, 6) is -1.52. The fourth-order valence-electron chi connectivity index (χ4n) is 13.9. The van der Waals surface area contributed by atoms with Crippen LogP contribution in [-0.4, -0.2) is 162 Å². The lowest BCUT2D eigenvalue weighted by molar-refractivity contribution is -0.375. The van der Waals surface area contributed by atoms with Crippen molar-refractivity contribution in [2.45, 2.75) is 173 Å². The first-order valence-electron chi connectivity index (χ1n) is 21.2. The van der Waals surface area contributed by atoms with E-state index in [2.05, 4.69) is 40.7 Å². The topological polar surface area (TPSA) is 277 Å². The largest absolute Gasteiger partial charge is 0.481 e. The standard InChI is InChI=1S/C42H68O16/c1-37(2)11-12-42(36(53)54)20(13-37)19-7-8-25-38(3)14-21(46)33(39(4,18-45)24(38)9-10-40(25,5)41(19,6)15-26(42)47)58-35-31(52)32(28(49)23(17-44)56-35)57-34-30(51)29(50)27(48)22(16-43)55-34/h7,20-35,43-52H,8-18H2,1-6H3,(H,53,54)/t20-,21-,22+,23+,24-,25+,26+,27+,28+,29-,30+,31+,32-,33-,34-,35-,38-,39-,40+,41+,42+/m0/s1. The Kier molecular flexibility index (Phi) is 11.7. The highest BCUT2D eigenvalue weighted by molar-refractivity contribution is 5.77. The Morgan fingerprint density at radius 1 is 0.741 bits per heavy atom. The monoisotopic (exact) mass is 828 g/mol. The van der Waals surface area contributed by atoms with Gasteiger partial charge in [0.2, 0.25) is 0 Å². The minimum Gasteiger partial charge on any atom is -0.481 e. The van der Waals surface area contributed by atoms with Gasteiger partial charge in [-0.05, 0) is 90.8 Å². The Bertz CT molecular complexity index is 1570. The van der Waals surface area contributed by atoms with Gasteiger partial charge in [-0.1, -0.05) is 53.2 Å². The normalized spacial score (nSPS) is 55.3. The lowest BCUT2D eigenvalue weighted by atomic mass is 9.33. The molecule has 4 saturated carbocycles. The van der Waals surface area contributed by atoms with Crippen LogP contribution in [-0.2, 0) is 23.7 Å². The number of carbonyl (C=O) groups is 1. The van der Waals surface area contributed by atoms with Crippen LogP contribution in [0.3, 0.4) is 0 Å². The highest BCUT2D eigenvalue weighted by Gasteiger charge is 2.72. The molecule has 7 aliphatic rings. The van der Waals surface area contributed by atoms with Crippen LogP contribution < -0.4 is 0 Å². The minimum atomic E-state index is -1.85. The molecule has 0 unspecified atom stereocenters. The van der Waals surface area contributed by atoms with Gasteiger partial charge in [0.25, 0.3) is 0 Å². The number of aliphatic hydroxyl groups excluding tert-OH is 10. The number of rotatable bonds is 8. The van der Waals surface area contributed by atoms with Crippen LogP contribution in [0.5, 0.6) is 0 Å². The zero-order valence-electron chi connectivity index (χ0n) is 34.6. The van der Waals surface area contributed by atoms with Crippen LogP contribution in [0.1, 0.15) is 92.9 Å². The lowest BCUT2D eigenvalue weighted by Crippen LogP contribution is -2.70. The molecule has 0 radical (unpaired) electrons. The van der Waals surface area contributed by atoms with Gasteiger partial charge < -0.3 is 75.1 Å². The summed E-state index contributed by atoms with van der Waals surface area (Å²) < 4.78 is 23.5. The first-order chi connectivity index (χ1) is 27.0. The molecule has 2 heterocycles. The maximum absolute atomic E-state index is 13.1. The van der Waals surface area contributed by atoms with Crippen molar-refractivity contribution in [2.24, 2.45) is 50.2 Å². The second-order valence-corrected chi connectivity index (χ2v) is 20.8. The summed E-state index contributed by atoms with van der Waals surface area (Å²) in [5.41, 5.74) is -2.84. The van der Waals surface area contributed by atoms with Crippen molar-refractivity contribution in [1.29, 1.82) is 0 Å². The van der Waals surface area contributed by atoms with Gasteiger partial charge in [0.05, 0.1) is 38.1 Å². The SMILES string of the molecule is CC1(C)CC[C@]2(C(=O)O)[C@H](O)C[C@]3(C)C(=CC[C@@H]4[C@@]5(C)C[C@H](O)[C@H](O[C@@H]6O[C@H](CO)[C@@H](O)[C@H](O[C@@H]7O[C@H](CO)[C@@H](O)[C@H](O)[C@H]7O)[C@H]6O)[C@@](C)(CO)[C@H]5CC[C@]43C)[C@@H]2C1. The quantitative estimate of drug-likeness (QED) is 0.112. The molecule has 0 bridgehead atoms. The second kappa shape index (κ2) is 15.2. The van der Waals surface area contributed by atoms with E-state index < -0.39 is 133 Å². The predicted molar refractivity (Wildman–Crippen MR) is 202 cm³/mol. The van der Waals surface area contributed by atoms with Crippen molar-refractivity contribution in [3.63, 3.8) is 0 Å². The van der Waals surface area contributed by atoms with Crippen molar-refractivity contribution >= 4 is 5.97 Å². The molecule has 0 aromatic rings. The Hall–Kier alpha value is -1.35. The molecule has 7 rings (SSSR count). The Labute approximate surface area is 339 Å². The molecule has 332 valence electrons. The minimum absolute atomic E-state index is 0.0307. The average Bonchev–Trinajstić information content (AvgIpc) is 3.15. The third-order valence-corrected chi connectivity index (χ3v) is 17.4. The number of ether oxygens (including phenoxy) is 4. The van der Waals surface area contributed by atoms with Gasteiger partial charge >= 0.3 is 5.97 Å². The van der Waals surface area contributed by atoms with Crippen LogP contribution in [0.4, 0.5) is 0 Å². The molecular formula is C42H68O16. The molecular weight excluding hydrogens is 760 g/mol. The van der Waals surface area contributed by atoms with Gasteiger partial charge in [0, 0.05) is 5.41 Å². The zero-order valence-corrected chi connectivity index (χ0v) is 34.6. The molecule has 0 aromatic heterocycles. The summed E-state index contributed by atoms with van der Waals surface area (Å²) in [5, 5.41) is 120. The van der Waals surface area contributed by atoms with E-state index in [1.807, 2.05) is 6.92 Å². The van der Waals surface area contributed by atoms with Gasteiger partial charge in [-0.2, -0.15) is 0 Å². The van der Waals surface area contributed by atoms with Crippen LogP contribution in [0.15, 0.2) is 11.6 Å². The molecule has 6 fully saturated rings. The molecule has 5 aliphatic carbocycles. The molecule has 2 saturated heterocycles. The highest BCUT2D eigenvalue weighted by Crippen LogP contribution is 2.76. The molecule has 0 spiro atoms. The summed E-state index contributed by atoms with van der Waals surface area (Å²) in [6.45, 7) is 10.9. The van der Waals surface area contributed by atoms with Crippen LogP contribution in [0, 0.1) is 50.2 Å². The number of aliphatic hydroxyl groups is 10. The van der Waals surface area contributed by atoms with Crippen molar-refractivity contribution in [1.82, 2.24) is 0 Å². The lowest BCUT2D eigenvalue weighted by Gasteiger charge is -2.72. The van der Waals surface area contributed by atoms with E-state index in [4.69, 9.17) is 18.9 Å². The molecule has 58 heavy (non-hydrogen) atoms. The molecule has 11 N–H and O–H groups in total. The van der Waals surface area contributed by atoms with Crippen molar-refractivity contribution in [2.75, 3.05) is 19.8 Å². The van der Waals surface area contributed by atoms with E-state index in [0.29, 0.717) is 44.9 Å². The number of carboxylic acid groups (broad SMARTS) is 1. The fraction of sp³-hybridized carbons (Fsp3) is 0.929. The summed E-state index contributed by atoms with van der Waals surface area (Å²) in [6.07, 6.45) is -13.4. The molecule has 0 aromatic carbocycles. The number of hydrogen-bond acceptors (Lipinski definition) is 15. The van der Waals surface area contributed by atoms with Crippen LogP contribution >= 0.6 is 0 Å². The maximum atomic E-state index is 13.1.